The van der Waals surface area contributed by atoms with Gasteiger partial charge < -0.3 is 10.0 Å². The van der Waals surface area contributed by atoms with Crippen LogP contribution in [0.25, 0.3) is 0 Å². The predicted octanol–water partition coefficient (Wildman–Crippen LogP) is 0.583. The third kappa shape index (κ3) is 2.82. The highest BCUT2D eigenvalue weighted by molar-refractivity contribution is 5.47. The van der Waals surface area contributed by atoms with Crippen LogP contribution in [0.5, 0.6) is 0 Å². The molecule has 0 saturated heterocycles. The molecule has 0 spiro atoms. The van der Waals surface area contributed by atoms with Crippen LogP contribution in [0, 0.1) is 0 Å². The molecular weight excluding hydrogens is 130 g/mol. The fraction of sp³-hybridized carbons (Fsp3) is 0.857. The minimum absolute atomic E-state index is 0.596. The summed E-state index contributed by atoms with van der Waals surface area (Å²) in [5.74, 6) is 0. The van der Waals surface area contributed by atoms with Crippen molar-refractivity contribution in [2.75, 3.05) is 6.54 Å². The summed E-state index contributed by atoms with van der Waals surface area (Å²) >= 11 is 0. The summed E-state index contributed by atoms with van der Waals surface area (Å²) < 4.78 is 0. The van der Waals surface area contributed by atoms with Crippen LogP contribution in [0.3, 0.4) is 0 Å². The Labute approximate surface area is 61.6 Å². The van der Waals surface area contributed by atoms with Gasteiger partial charge in [-0.3, -0.25) is 4.79 Å². The summed E-state index contributed by atoms with van der Waals surface area (Å²) in [7, 11) is 0. The van der Waals surface area contributed by atoms with E-state index in [1.807, 2.05) is 13.8 Å². The van der Waals surface area contributed by atoms with Gasteiger partial charge >= 0.3 is 0 Å². The van der Waals surface area contributed by atoms with Crippen molar-refractivity contribution in [3.05, 3.63) is 0 Å². The van der Waals surface area contributed by atoms with Crippen LogP contribution in [0.1, 0.15) is 26.7 Å². The average molecular weight is 145 g/mol. The third-order valence-corrected chi connectivity index (χ3v) is 1.37. The number of aliphatic hydroxyl groups excluding tert-OH is 1. The molecule has 0 aliphatic carbocycles. The minimum Gasteiger partial charge on any atom is -0.374 e. The van der Waals surface area contributed by atoms with Gasteiger partial charge in [-0.25, -0.2) is 0 Å². The molecule has 0 heterocycles. The zero-order chi connectivity index (χ0) is 7.98. The van der Waals surface area contributed by atoms with Crippen molar-refractivity contribution >= 4 is 6.41 Å². The molecule has 10 heavy (non-hydrogen) atoms. The Kier molecular flexibility index (Phi) is 4.94. The molecule has 1 amide bonds. The van der Waals surface area contributed by atoms with Crippen LogP contribution >= 0.6 is 0 Å². The van der Waals surface area contributed by atoms with Crippen molar-refractivity contribution in [1.82, 2.24) is 4.90 Å². The van der Waals surface area contributed by atoms with Gasteiger partial charge in [-0.2, -0.15) is 0 Å². The van der Waals surface area contributed by atoms with Gasteiger partial charge in [0, 0.05) is 6.54 Å². The van der Waals surface area contributed by atoms with Crippen LogP contribution in [0.4, 0.5) is 0 Å². The largest absolute Gasteiger partial charge is 0.374 e. The van der Waals surface area contributed by atoms with E-state index in [9.17, 15) is 4.79 Å². The van der Waals surface area contributed by atoms with Gasteiger partial charge in [-0.15, -0.1) is 0 Å². The lowest BCUT2D eigenvalue weighted by atomic mass is 10.3. The Morgan fingerprint density at radius 2 is 2.20 bits per heavy atom. The first-order valence-corrected chi connectivity index (χ1v) is 3.65. The van der Waals surface area contributed by atoms with E-state index in [4.69, 9.17) is 5.11 Å². The molecule has 0 saturated carbocycles. The summed E-state index contributed by atoms with van der Waals surface area (Å²) in [6.45, 7) is 4.45. The summed E-state index contributed by atoms with van der Waals surface area (Å²) in [6.07, 6.45) is 1.57. The van der Waals surface area contributed by atoms with E-state index in [2.05, 4.69) is 0 Å². The molecule has 0 radical (unpaired) electrons. The highest BCUT2D eigenvalue weighted by Gasteiger charge is 2.08. The van der Waals surface area contributed by atoms with E-state index in [0.29, 0.717) is 19.4 Å². The second kappa shape index (κ2) is 5.23. The topological polar surface area (TPSA) is 40.5 Å². The monoisotopic (exact) mass is 145 g/mol. The number of aliphatic hydroxyl groups is 1. The summed E-state index contributed by atoms with van der Waals surface area (Å²) in [5.41, 5.74) is 0. The number of carbonyl (C=O) groups is 1. The van der Waals surface area contributed by atoms with E-state index in [-0.39, 0.29) is 0 Å². The molecule has 3 heteroatoms. The van der Waals surface area contributed by atoms with Crippen LogP contribution in [-0.2, 0) is 4.79 Å². The zero-order valence-corrected chi connectivity index (χ0v) is 6.58. The Balaban J connectivity index is 3.67. The van der Waals surface area contributed by atoms with E-state index in [1.54, 1.807) is 0 Å². The maximum Gasteiger partial charge on any atom is 0.211 e. The quantitative estimate of drug-likeness (QED) is 0.454. The molecule has 0 aliphatic heterocycles. The smallest absolute Gasteiger partial charge is 0.211 e. The average Bonchev–Trinajstić information content (AvgIpc) is 1.99. The summed E-state index contributed by atoms with van der Waals surface area (Å²) in [5, 5.41) is 9.14. The van der Waals surface area contributed by atoms with Crippen LogP contribution in [-0.4, -0.2) is 29.2 Å². The molecule has 0 rings (SSSR count). The van der Waals surface area contributed by atoms with Crippen molar-refractivity contribution in [1.29, 1.82) is 0 Å². The predicted molar refractivity (Wildman–Crippen MR) is 39.4 cm³/mol. The summed E-state index contributed by atoms with van der Waals surface area (Å²) in [4.78, 5) is 11.7. The van der Waals surface area contributed by atoms with E-state index >= 15 is 0 Å². The molecule has 0 fully saturated rings. The molecule has 0 bridgehead atoms. The second-order valence-electron chi connectivity index (χ2n) is 2.23. The molecule has 0 aliphatic rings. The summed E-state index contributed by atoms with van der Waals surface area (Å²) in [6, 6.07) is 0. The maximum atomic E-state index is 10.3. The number of hydrogen-bond donors (Lipinski definition) is 1. The molecular formula is C7H15NO2. The Morgan fingerprint density at radius 3 is 2.50 bits per heavy atom. The van der Waals surface area contributed by atoms with Gasteiger partial charge in [0.2, 0.25) is 6.41 Å². The van der Waals surface area contributed by atoms with E-state index in [0.717, 1.165) is 6.42 Å². The van der Waals surface area contributed by atoms with Gasteiger partial charge in [-0.05, 0) is 12.8 Å². The Hall–Kier alpha value is -0.570. The van der Waals surface area contributed by atoms with Gasteiger partial charge in [0.05, 0.1) is 0 Å². The number of carbonyl (C=O) groups excluding carboxylic acids is 1. The van der Waals surface area contributed by atoms with Crippen molar-refractivity contribution in [3.8, 4) is 0 Å². The van der Waals surface area contributed by atoms with Crippen LogP contribution in [0.2, 0.25) is 0 Å². The first-order chi connectivity index (χ1) is 4.76. The number of rotatable bonds is 5. The van der Waals surface area contributed by atoms with Crippen molar-refractivity contribution in [2.45, 2.75) is 32.9 Å². The molecule has 0 aromatic heterocycles. The van der Waals surface area contributed by atoms with Crippen LogP contribution in [0.15, 0.2) is 0 Å². The van der Waals surface area contributed by atoms with E-state index in [1.165, 1.54) is 4.90 Å². The first-order valence-electron chi connectivity index (χ1n) is 3.65. The van der Waals surface area contributed by atoms with Gasteiger partial charge in [0.25, 0.3) is 0 Å². The fourth-order valence-corrected chi connectivity index (χ4v) is 0.765. The van der Waals surface area contributed by atoms with Crippen molar-refractivity contribution in [3.63, 3.8) is 0 Å². The third-order valence-electron chi connectivity index (χ3n) is 1.37. The van der Waals surface area contributed by atoms with Gasteiger partial charge in [0.15, 0.2) is 0 Å². The zero-order valence-electron chi connectivity index (χ0n) is 6.58. The highest BCUT2D eigenvalue weighted by atomic mass is 16.3. The lowest BCUT2D eigenvalue weighted by Crippen LogP contribution is -2.33. The maximum absolute atomic E-state index is 10.3. The second-order valence-corrected chi connectivity index (χ2v) is 2.23. The van der Waals surface area contributed by atoms with Gasteiger partial charge in [0.1, 0.15) is 6.23 Å². The normalized spacial score (nSPS) is 12.7. The molecule has 1 atom stereocenters. The first kappa shape index (κ1) is 9.43. The fourth-order valence-electron chi connectivity index (χ4n) is 0.765. The lowest BCUT2D eigenvalue weighted by Gasteiger charge is -2.21. The standard InChI is InChI=1S/C7H15NO2/c1-3-5-8(6-9)7(10)4-2/h6-7,10H,3-5H2,1-2H3. The molecule has 0 aromatic rings. The van der Waals surface area contributed by atoms with Crippen molar-refractivity contribution < 1.29 is 9.90 Å². The SMILES string of the molecule is CCCN(C=O)C(O)CC. The number of nitrogens with zero attached hydrogens (tertiary/aromatic N) is 1. The number of hydrogen-bond acceptors (Lipinski definition) is 2. The highest BCUT2D eigenvalue weighted by Crippen LogP contribution is 1.97. The van der Waals surface area contributed by atoms with Crippen LogP contribution < -0.4 is 0 Å². The Morgan fingerprint density at radius 1 is 1.60 bits per heavy atom. The molecule has 1 N–H and O–H groups in total. The molecule has 1 unspecified atom stereocenters. The number of amides is 1. The molecule has 0 aromatic carbocycles. The molecule has 60 valence electrons. The molecule has 3 nitrogen and oxygen atoms in total. The lowest BCUT2D eigenvalue weighted by molar-refractivity contribution is -0.127. The Bertz CT molecular complexity index is 95.6. The van der Waals surface area contributed by atoms with E-state index < -0.39 is 6.23 Å². The minimum atomic E-state index is -0.600. The van der Waals surface area contributed by atoms with Crippen molar-refractivity contribution in [2.24, 2.45) is 0 Å². The van der Waals surface area contributed by atoms with Gasteiger partial charge in [-0.1, -0.05) is 13.8 Å².